The maximum Gasteiger partial charge on any atom is 0.273 e. The highest BCUT2D eigenvalue weighted by atomic mass is 32.1. The third-order valence-corrected chi connectivity index (χ3v) is 5.66. The molecule has 0 saturated carbocycles. The number of thiazole rings is 1. The number of unbranched alkanes of at least 4 members (excludes halogenated alkanes) is 1. The molecule has 28 heavy (non-hydrogen) atoms. The number of aromatic nitrogens is 2. The van der Waals surface area contributed by atoms with Crippen molar-refractivity contribution in [3.05, 3.63) is 76.9 Å². The molecule has 4 rings (SSSR count). The second-order valence-corrected chi connectivity index (χ2v) is 7.86. The number of amides is 1. The smallest absolute Gasteiger partial charge is 0.273 e. The van der Waals surface area contributed by atoms with Crippen molar-refractivity contribution < 1.29 is 4.79 Å². The van der Waals surface area contributed by atoms with Crippen molar-refractivity contribution in [3.63, 3.8) is 0 Å². The SMILES string of the molecule is CCCCc1ccc(NC(=O)c2csc3nc(-c4ccc(C)cc4)cn23)cc1. The first kappa shape index (κ1) is 18.4. The Kier molecular flexibility index (Phi) is 5.26. The molecule has 4 aromatic rings. The van der Waals surface area contributed by atoms with Crippen molar-refractivity contribution >= 4 is 27.9 Å². The summed E-state index contributed by atoms with van der Waals surface area (Å²) in [5.41, 5.74) is 5.85. The van der Waals surface area contributed by atoms with E-state index in [0.29, 0.717) is 5.69 Å². The zero-order valence-electron chi connectivity index (χ0n) is 16.1. The molecule has 2 aromatic heterocycles. The van der Waals surface area contributed by atoms with E-state index in [1.165, 1.54) is 35.3 Å². The zero-order chi connectivity index (χ0) is 19.5. The number of carbonyl (C=O) groups excluding carboxylic acids is 1. The molecule has 0 bridgehead atoms. The van der Waals surface area contributed by atoms with Crippen molar-refractivity contribution in [2.45, 2.75) is 33.1 Å². The number of nitrogens with zero attached hydrogens (tertiary/aromatic N) is 2. The van der Waals surface area contributed by atoms with Crippen molar-refractivity contribution in [3.8, 4) is 11.3 Å². The second kappa shape index (κ2) is 7.98. The van der Waals surface area contributed by atoms with E-state index < -0.39 is 0 Å². The summed E-state index contributed by atoms with van der Waals surface area (Å²) in [6.45, 7) is 4.25. The van der Waals surface area contributed by atoms with Gasteiger partial charge in [-0.25, -0.2) is 4.98 Å². The van der Waals surface area contributed by atoms with E-state index in [2.05, 4.69) is 60.5 Å². The minimum Gasteiger partial charge on any atom is -0.321 e. The van der Waals surface area contributed by atoms with Crippen molar-refractivity contribution in [2.75, 3.05) is 5.32 Å². The predicted octanol–water partition coefficient (Wildman–Crippen LogP) is 5.97. The van der Waals surface area contributed by atoms with Gasteiger partial charge in [-0.15, -0.1) is 11.3 Å². The fourth-order valence-corrected chi connectivity index (χ4v) is 3.99. The largest absolute Gasteiger partial charge is 0.321 e. The summed E-state index contributed by atoms with van der Waals surface area (Å²) < 4.78 is 1.87. The van der Waals surface area contributed by atoms with Crippen LogP contribution in [0.25, 0.3) is 16.2 Å². The molecule has 0 radical (unpaired) electrons. The van der Waals surface area contributed by atoms with Crippen molar-refractivity contribution in [1.29, 1.82) is 0 Å². The van der Waals surface area contributed by atoms with Gasteiger partial charge in [0.15, 0.2) is 4.96 Å². The molecular formula is C23H23N3OS. The fraction of sp³-hybridized carbons (Fsp3) is 0.217. The fourth-order valence-electron chi connectivity index (χ4n) is 3.14. The van der Waals surface area contributed by atoms with E-state index in [1.54, 1.807) is 0 Å². The highest BCUT2D eigenvalue weighted by Crippen LogP contribution is 2.24. The van der Waals surface area contributed by atoms with Crippen LogP contribution < -0.4 is 5.32 Å². The second-order valence-electron chi connectivity index (χ2n) is 7.02. The molecule has 0 atom stereocenters. The normalized spacial score (nSPS) is 11.1. The van der Waals surface area contributed by atoms with Gasteiger partial charge >= 0.3 is 0 Å². The van der Waals surface area contributed by atoms with Gasteiger partial charge < -0.3 is 5.32 Å². The van der Waals surface area contributed by atoms with Crippen molar-refractivity contribution in [1.82, 2.24) is 9.38 Å². The number of nitrogens with one attached hydrogen (secondary N) is 1. The minimum atomic E-state index is -0.125. The zero-order valence-corrected chi connectivity index (χ0v) is 16.9. The lowest BCUT2D eigenvalue weighted by Gasteiger charge is -2.06. The van der Waals surface area contributed by atoms with Gasteiger partial charge in [-0.3, -0.25) is 9.20 Å². The molecule has 2 heterocycles. The van der Waals surface area contributed by atoms with Gasteiger partial charge in [0.25, 0.3) is 5.91 Å². The Hall–Kier alpha value is -2.92. The molecule has 4 nitrogen and oxygen atoms in total. The predicted molar refractivity (Wildman–Crippen MR) is 116 cm³/mol. The van der Waals surface area contributed by atoms with Gasteiger partial charge in [-0.1, -0.05) is 55.3 Å². The number of fused-ring (bicyclic) bond motifs is 1. The van der Waals surface area contributed by atoms with Crippen LogP contribution >= 0.6 is 11.3 Å². The molecular weight excluding hydrogens is 366 g/mol. The highest BCUT2D eigenvalue weighted by molar-refractivity contribution is 7.15. The van der Waals surface area contributed by atoms with Crippen LogP contribution in [0, 0.1) is 6.92 Å². The minimum absolute atomic E-state index is 0.125. The molecule has 0 aliphatic heterocycles. The number of imidazole rings is 1. The Balaban J connectivity index is 1.53. The standard InChI is InChI=1S/C23H23N3OS/c1-3-4-5-17-8-12-19(13-9-17)24-22(27)21-15-28-23-25-20(14-26(21)23)18-10-6-16(2)7-11-18/h6-15H,3-5H2,1-2H3,(H,24,27). The molecule has 142 valence electrons. The lowest BCUT2D eigenvalue weighted by atomic mass is 10.1. The molecule has 0 saturated heterocycles. The summed E-state index contributed by atoms with van der Waals surface area (Å²) >= 11 is 1.47. The average Bonchev–Trinajstić information content (AvgIpc) is 3.29. The van der Waals surface area contributed by atoms with Gasteiger partial charge in [-0.05, 0) is 37.5 Å². The molecule has 2 aromatic carbocycles. The van der Waals surface area contributed by atoms with Crippen LogP contribution in [0.5, 0.6) is 0 Å². The number of hydrogen-bond donors (Lipinski definition) is 1. The van der Waals surface area contributed by atoms with Crippen LogP contribution in [-0.2, 0) is 6.42 Å². The van der Waals surface area contributed by atoms with Crippen LogP contribution in [0.15, 0.2) is 60.1 Å². The highest BCUT2D eigenvalue weighted by Gasteiger charge is 2.15. The number of aryl methyl sites for hydroxylation is 2. The van der Waals surface area contributed by atoms with Gasteiger partial charge in [0.1, 0.15) is 5.69 Å². The first-order chi connectivity index (χ1) is 13.6. The number of hydrogen-bond acceptors (Lipinski definition) is 3. The molecule has 0 spiro atoms. The number of benzene rings is 2. The van der Waals surface area contributed by atoms with E-state index >= 15 is 0 Å². The summed E-state index contributed by atoms with van der Waals surface area (Å²) in [6.07, 6.45) is 5.37. The third-order valence-electron chi connectivity index (χ3n) is 4.82. The number of rotatable bonds is 6. The average molecular weight is 390 g/mol. The molecule has 0 aliphatic rings. The summed E-state index contributed by atoms with van der Waals surface area (Å²) in [5, 5.41) is 4.85. The van der Waals surface area contributed by atoms with E-state index in [4.69, 9.17) is 0 Å². The van der Waals surface area contributed by atoms with Crippen molar-refractivity contribution in [2.24, 2.45) is 0 Å². The monoisotopic (exact) mass is 389 g/mol. The van der Waals surface area contributed by atoms with Gasteiger partial charge in [0, 0.05) is 22.8 Å². The van der Waals surface area contributed by atoms with Crippen LogP contribution in [0.1, 0.15) is 41.4 Å². The Morgan fingerprint density at radius 1 is 1.11 bits per heavy atom. The Morgan fingerprint density at radius 2 is 1.86 bits per heavy atom. The van der Waals surface area contributed by atoms with E-state index in [1.807, 2.05) is 28.1 Å². The van der Waals surface area contributed by atoms with E-state index in [9.17, 15) is 4.79 Å². The van der Waals surface area contributed by atoms with Crippen LogP contribution in [-0.4, -0.2) is 15.3 Å². The van der Waals surface area contributed by atoms with Gasteiger partial charge in [0.05, 0.1) is 5.69 Å². The van der Waals surface area contributed by atoms with E-state index in [-0.39, 0.29) is 5.91 Å². The van der Waals surface area contributed by atoms with Gasteiger partial charge in [-0.2, -0.15) is 0 Å². The Labute approximate surface area is 168 Å². The van der Waals surface area contributed by atoms with Crippen LogP contribution in [0.3, 0.4) is 0 Å². The van der Waals surface area contributed by atoms with Crippen LogP contribution in [0.4, 0.5) is 5.69 Å². The quantitative estimate of drug-likeness (QED) is 0.442. The lowest BCUT2D eigenvalue weighted by Crippen LogP contribution is -2.13. The molecule has 0 aliphatic carbocycles. The summed E-state index contributed by atoms with van der Waals surface area (Å²) in [4.78, 5) is 18.3. The van der Waals surface area contributed by atoms with Gasteiger partial charge in [0.2, 0.25) is 0 Å². The lowest BCUT2D eigenvalue weighted by molar-refractivity contribution is 0.102. The summed E-state index contributed by atoms with van der Waals surface area (Å²) in [5.74, 6) is -0.125. The number of anilines is 1. The first-order valence-electron chi connectivity index (χ1n) is 9.58. The van der Waals surface area contributed by atoms with E-state index in [0.717, 1.165) is 28.3 Å². The molecule has 1 N–H and O–H groups in total. The maximum atomic E-state index is 12.8. The Morgan fingerprint density at radius 3 is 2.57 bits per heavy atom. The maximum absolute atomic E-state index is 12.8. The number of carbonyl (C=O) groups is 1. The molecule has 5 heteroatoms. The summed E-state index contributed by atoms with van der Waals surface area (Å²) in [7, 11) is 0. The molecule has 0 unspecified atom stereocenters. The topological polar surface area (TPSA) is 46.4 Å². The first-order valence-corrected chi connectivity index (χ1v) is 10.5. The van der Waals surface area contributed by atoms with Crippen LogP contribution in [0.2, 0.25) is 0 Å². The summed E-state index contributed by atoms with van der Waals surface area (Å²) in [6, 6.07) is 16.4. The molecule has 1 amide bonds. The third kappa shape index (κ3) is 3.85. The molecule has 0 fully saturated rings. The Bertz CT molecular complexity index is 1090.